The number of hydrogen-bond acceptors (Lipinski definition) is 3. The number of nitrogens with zero attached hydrogens (tertiary/aromatic N) is 1. The molecule has 0 bridgehead atoms. The van der Waals surface area contributed by atoms with Crippen molar-refractivity contribution in [3.63, 3.8) is 0 Å². The molecule has 5 heteroatoms. The molecule has 1 aromatic carbocycles. The molecule has 1 rings (SSSR count). The lowest BCUT2D eigenvalue weighted by Crippen LogP contribution is -2.61. The Morgan fingerprint density at radius 2 is 1.85 bits per heavy atom. The van der Waals surface area contributed by atoms with E-state index in [0.29, 0.717) is 12.0 Å². The third-order valence-electron chi connectivity index (χ3n) is 4.40. The third kappa shape index (κ3) is 3.34. The van der Waals surface area contributed by atoms with Crippen molar-refractivity contribution in [3.05, 3.63) is 35.4 Å². The first-order valence-electron chi connectivity index (χ1n) is 6.98. The largest absolute Gasteiger partial charge is 0.302 e. The van der Waals surface area contributed by atoms with Crippen LogP contribution in [-0.2, 0) is 6.42 Å². The Morgan fingerprint density at radius 1 is 1.25 bits per heavy atom. The SMILES string of the molecule is CCC(CC)(C(Cc1ccc(F)cc1F)NN)N(C)C. The van der Waals surface area contributed by atoms with Gasteiger partial charge in [0.25, 0.3) is 0 Å². The second-order valence-corrected chi connectivity index (χ2v) is 5.36. The van der Waals surface area contributed by atoms with E-state index in [9.17, 15) is 8.78 Å². The highest BCUT2D eigenvalue weighted by Gasteiger charge is 2.37. The van der Waals surface area contributed by atoms with Gasteiger partial charge in [-0.1, -0.05) is 19.9 Å². The van der Waals surface area contributed by atoms with Gasteiger partial charge in [0.2, 0.25) is 0 Å². The van der Waals surface area contributed by atoms with Gasteiger partial charge in [-0.05, 0) is 45.0 Å². The first-order valence-corrected chi connectivity index (χ1v) is 6.98. The molecule has 0 aromatic heterocycles. The summed E-state index contributed by atoms with van der Waals surface area (Å²) in [5, 5.41) is 0. The average molecular weight is 285 g/mol. The van der Waals surface area contributed by atoms with Crippen molar-refractivity contribution in [2.45, 2.75) is 44.7 Å². The molecule has 20 heavy (non-hydrogen) atoms. The number of hydrogen-bond donors (Lipinski definition) is 2. The standard InChI is InChI=1S/C15H25F2N3/c1-5-15(6-2,20(3)4)14(19-18)9-11-7-8-12(16)10-13(11)17/h7-8,10,14,19H,5-6,9,18H2,1-4H3. The van der Waals surface area contributed by atoms with Crippen LogP contribution in [0.5, 0.6) is 0 Å². The highest BCUT2D eigenvalue weighted by atomic mass is 19.1. The van der Waals surface area contributed by atoms with E-state index in [4.69, 9.17) is 5.84 Å². The monoisotopic (exact) mass is 285 g/mol. The van der Waals surface area contributed by atoms with Gasteiger partial charge in [0, 0.05) is 17.6 Å². The number of nitrogens with one attached hydrogen (secondary N) is 1. The highest BCUT2D eigenvalue weighted by Crippen LogP contribution is 2.28. The quantitative estimate of drug-likeness (QED) is 0.597. The Labute approximate surface area is 120 Å². The summed E-state index contributed by atoms with van der Waals surface area (Å²) in [5.74, 6) is 4.62. The van der Waals surface area contributed by atoms with Crippen molar-refractivity contribution in [2.75, 3.05) is 14.1 Å². The summed E-state index contributed by atoms with van der Waals surface area (Å²) in [5.41, 5.74) is 3.12. The fourth-order valence-corrected chi connectivity index (χ4v) is 3.00. The molecule has 1 unspecified atom stereocenters. The van der Waals surface area contributed by atoms with Crippen molar-refractivity contribution in [1.82, 2.24) is 10.3 Å². The molecule has 0 spiro atoms. The molecule has 0 saturated carbocycles. The Balaban J connectivity index is 3.06. The van der Waals surface area contributed by atoms with E-state index in [1.165, 1.54) is 12.1 Å². The van der Waals surface area contributed by atoms with Gasteiger partial charge in [-0.15, -0.1) is 0 Å². The fourth-order valence-electron chi connectivity index (χ4n) is 3.00. The molecule has 0 saturated heterocycles. The third-order valence-corrected chi connectivity index (χ3v) is 4.40. The zero-order valence-electron chi connectivity index (χ0n) is 12.7. The van der Waals surface area contributed by atoms with Crippen LogP contribution < -0.4 is 11.3 Å². The molecular formula is C15H25F2N3. The van der Waals surface area contributed by atoms with E-state index >= 15 is 0 Å². The molecule has 1 aromatic rings. The van der Waals surface area contributed by atoms with Crippen LogP contribution in [-0.4, -0.2) is 30.6 Å². The van der Waals surface area contributed by atoms with E-state index < -0.39 is 11.6 Å². The van der Waals surface area contributed by atoms with Gasteiger partial charge in [0.1, 0.15) is 11.6 Å². The summed E-state index contributed by atoms with van der Waals surface area (Å²) < 4.78 is 26.8. The molecule has 0 heterocycles. The van der Waals surface area contributed by atoms with Gasteiger partial charge >= 0.3 is 0 Å². The van der Waals surface area contributed by atoms with E-state index in [1.807, 2.05) is 14.1 Å². The molecule has 0 radical (unpaired) electrons. The minimum Gasteiger partial charge on any atom is -0.302 e. The van der Waals surface area contributed by atoms with Crippen molar-refractivity contribution in [2.24, 2.45) is 5.84 Å². The Kier molecular flexibility index (Phi) is 6.05. The molecular weight excluding hydrogens is 260 g/mol. The summed E-state index contributed by atoms with van der Waals surface area (Å²) in [6, 6.07) is 3.56. The van der Waals surface area contributed by atoms with Crippen LogP contribution in [0, 0.1) is 11.6 Å². The second kappa shape index (κ2) is 7.11. The maximum Gasteiger partial charge on any atom is 0.129 e. The van der Waals surface area contributed by atoms with Crippen molar-refractivity contribution >= 4 is 0 Å². The van der Waals surface area contributed by atoms with Gasteiger partial charge < -0.3 is 4.90 Å². The van der Waals surface area contributed by atoms with Crippen LogP contribution >= 0.6 is 0 Å². The maximum atomic E-state index is 13.8. The molecule has 0 amide bonds. The smallest absolute Gasteiger partial charge is 0.129 e. The summed E-state index contributed by atoms with van der Waals surface area (Å²) in [6.07, 6.45) is 2.19. The number of likely N-dealkylation sites (N-methyl/N-ethyl adjacent to an activating group) is 1. The Morgan fingerprint density at radius 3 is 2.25 bits per heavy atom. The van der Waals surface area contributed by atoms with Gasteiger partial charge in [0.05, 0.1) is 0 Å². The predicted molar refractivity (Wildman–Crippen MR) is 78.2 cm³/mol. The lowest BCUT2D eigenvalue weighted by Gasteiger charge is -2.45. The Bertz CT molecular complexity index is 431. The van der Waals surface area contributed by atoms with E-state index in [2.05, 4.69) is 24.2 Å². The lowest BCUT2D eigenvalue weighted by molar-refractivity contribution is 0.0878. The number of benzene rings is 1. The molecule has 0 aliphatic rings. The molecule has 1 atom stereocenters. The van der Waals surface area contributed by atoms with E-state index in [-0.39, 0.29) is 11.6 Å². The minimum atomic E-state index is -0.562. The number of rotatable bonds is 7. The minimum absolute atomic E-state index is 0.118. The molecule has 3 N–H and O–H groups in total. The fraction of sp³-hybridized carbons (Fsp3) is 0.600. The van der Waals surface area contributed by atoms with E-state index in [1.54, 1.807) is 0 Å². The average Bonchev–Trinajstić information content (AvgIpc) is 2.41. The van der Waals surface area contributed by atoms with Crippen LogP contribution in [0.15, 0.2) is 18.2 Å². The number of hydrazine groups is 1. The van der Waals surface area contributed by atoms with Crippen LogP contribution in [0.1, 0.15) is 32.3 Å². The van der Waals surface area contributed by atoms with Crippen LogP contribution in [0.2, 0.25) is 0 Å². The highest BCUT2D eigenvalue weighted by molar-refractivity contribution is 5.21. The summed E-state index contributed by atoms with van der Waals surface area (Å²) in [7, 11) is 4.00. The van der Waals surface area contributed by atoms with Crippen molar-refractivity contribution in [3.8, 4) is 0 Å². The predicted octanol–water partition coefficient (Wildman–Crippen LogP) is 2.46. The first kappa shape index (κ1) is 17.0. The number of halogens is 2. The summed E-state index contributed by atoms with van der Waals surface area (Å²) in [6.45, 7) is 4.18. The lowest BCUT2D eigenvalue weighted by atomic mass is 9.80. The van der Waals surface area contributed by atoms with Crippen molar-refractivity contribution in [1.29, 1.82) is 0 Å². The molecule has 0 aliphatic carbocycles. The zero-order valence-corrected chi connectivity index (χ0v) is 12.7. The van der Waals surface area contributed by atoms with Crippen LogP contribution in [0.4, 0.5) is 8.78 Å². The topological polar surface area (TPSA) is 41.3 Å². The Hall–Kier alpha value is -1.04. The summed E-state index contributed by atoms with van der Waals surface area (Å²) >= 11 is 0. The van der Waals surface area contributed by atoms with Crippen LogP contribution in [0.3, 0.4) is 0 Å². The normalized spacial score (nSPS) is 13.8. The molecule has 0 fully saturated rings. The zero-order chi connectivity index (χ0) is 15.3. The van der Waals surface area contributed by atoms with Crippen molar-refractivity contribution < 1.29 is 8.78 Å². The van der Waals surface area contributed by atoms with Crippen LogP contribution in [0.25, 0.3) is 0 Å². The number of nitrogens with two attached hydrogens (primary N) is 1. The summed E-state index contributed by atoms with van der Waals surface area (Å²) in [4.78, 5) is 2.12. The molecule has 0 aliphatic heterocycles. The molecule has 114 valence electrons. The first-order chi connectivity index (χ1) is 9.41. The maximum absolute atomic E-state index is 13.8. The second-order valence-electron chi connectivity index (χ2n) is 5.36. The van der Waals surface area contributed by atoms with Gasteiger partial charge in [0.15, 0.2) is 0 Å². The van der Waals surface area contributed by atoms with E-state index in [0.717, 1.165) is 18.9 Å². The van der Waals surface area contributed by atoms with Gasteiger partial charge in [-0.3, -0.25) is 11.3 Å². The van der Waals surface area contributed by atoms with Gasteiger partial charge in [-0.2, -0.15) is 0 Å². The van der Waals surface area contributed by atoms with Gasteiger partial charge in [-0.25, -0.2) is 8.78 Å². The molecule has 3 nitrogen and oxygen atoms in total.